The molecule has 1 atom stereocenters. The third-order valence-corrected chi connectivity index (χ3v) is 4.50. The van der Waals surface area contributed by atoms with Gasteiger partial charge in [0.2, 0.25) is 0 Å². The number of carbonyl (C=O) groups is 1. The minimum absolute atomic E-state index is 0.185. The lowest BCUT2D eigenvalue weighted by molar-refractivity contribution is 0.175. The maximum atomic E-state index is 12.9. The maximum absolute atomic E-state index is 12.9. The summed E-state index contributed by atoms with van der Waals surface area (Å²) in [4.78, 5) is 16.9. The van der Waals surface area contributed by atoms with Crippen LogP contribution in [-0.2, 0) is 6.54 Å². The smallest absolute Gasteiger partial charge is 0.324 e. The Bertz CT molecular complexity index is 495. The number of rotatable bonds is 3. The van der Waals surface area contributed by atoms with Gasteiger partial charge in [-0.1, -0.05) is 19.1 Å². The number of carbonyl (C=O) groups excluding carboxylic acids is 1. The van der Waals surface area contributed by atoms with Gasteiger partial charge in [-0.25, -0.2) is 4.79 Å². The fourth-order valence-electron chi connectivity index (χ4n) is 3.12. The quantitative estimate of drug-likeness (QED) is 0.929. The van der Waals surface area contributed by atoms with Crippen LogP contribution in [0.15, 0.2) is 24.3 Å². The number of piperidine rings is 1. The Balaban J connectivity index is 1.78. The maximum Gasteiger partial charge on any atom is 0.324 e. The molecule has 114 valence electrons. The molecule has 1 saturated heterocycles. The molecule has 2 amide bonds. The standard InChI is InChI=1S/C17H25N3O/c1-13-3-2-10-19(12-13)17(21)20(16-8-9-16)15-6-4-14(11-18)5-7-15/h4-7,13,16H,2-3,8-12,18H2,1H3. The van der Waals surface area contributed by atoms with Crippen LogP contribution in [0.1, 0.15) is 38.2 Å². The van der Waals surface area contributed by atoms with Crippen LogP contribution in [0.4, 0.5) is 10.5 Å². The number of nitrogens with zero attached hydrogens (tertiary/aromatic N) is 2. The summed E-state index contributed by atoms with van der Waals surface area (Å²) in [6.07, 6.45) is 4.59. The third kappa shape index (κ3) is 3.21. The number of anilines is 1. The van der Waals surface area contributed by atoms with Crippen LogP contribution in [-0.4, -0.2) is 30.1 Å². The van der Waals surface area contributed by atoms with Crippen molar-refractivity contribution in [3.05, 3.63) is 29.8 Å². The van der Waals surface area contributed by atoms with Gasteiger partial charge < -0.3 is 10.6 Å². The Morgan fingerprint density at radius 3 is 2.57 bits per heavy atom. The molecule has 4 heteroatoms. The lowest BCUT2D eigenvalue weighted by Crippen LogP contribution is -2.48. The molecule has 1 unspecified atom stereocenters. The molecule has 2 fully saturated rings. The van der Waals surface area contributed by atoms with E-state index in [1.54, 1.807) is 0 Å². The van der Waals surface area contributed by atoms with Gasteiger partial charge >= 0.3 is 6.03 Å². The van der Waals surface area contributed by atoms with Crippen molar-refractivity contribution >= 4 is 11.7 Å². The minimum Gasteiger partial charge on any atom is -0.326 e. The number of hydrogen-bond donors (Lipinski definition) is 1. The van der Waals surface area contributed by atoms with Crippen molar-refractivity contribution in [1.29, 1.82) is 0 Å². The molecule has 1 aliphatic heterocycles. The first-order valence-electron chi connectivity index (χ1n) is 8.06. The fourth-order valence-corrected chi connectivity index (χ4v) is 3.12. The molecule has 0 spiro atoms. The van der Waals surface area contributed by atoms with Crippen molar-refractivity contribution in [3.8, 4) is 0 Å². The summed E-state index contributed by atoms with van der Waals surface area (Å²) < 4.78 is 0. The highest BCUT2D eigenvalue weighted by Crippen LogP contribution is 2.33. The van der Waals surface area contributed by atoms with E-state index in [1.807, 2.05) is 34.1 Å². The number of hydrogen-bond acceptors (Lipinski definition) is 2. The van der Waals surface area contributed by atoms with E-state index >= 15 is 0 Å². The molecule has 0 radical (unpaired) electrons. The largest absolute Gasteiger partial charge is 0.326 e. The molecule has 1 aliphatic carbocycles. The molecule has 1 aromatic carbocycles. The zero-order valence-electron chi connectivity index (χ0n) is 12.8. The molecule has 0 bridgehead atoms. The van der Waals surface area contributed by atoms with Crippen LogP contribution in [0.2, 0.25) is 0 Å². The van der Waals surface area contributed by atoms with Gasteiger partial charge in [0, 0.05) is 31.4 Å². The summed E-state index contributed by atoms with van der Waals surface area (Å²) in [5, 5.41) is 0. The van der Waals surface area contributed by atoms with Crippen molar-refractivity contribution in [2.24, 2.45) is 11.7 Å². The number of nitrogens with two attached hydrogens (primary N) is 1. The summed E-state index contributed by atoms with van der Waals surface area (Å²) in [5.41, 5.74) is 7.77. The van der Waals surface area contributed by atoms with Gasteiger partial charge in [-0.15, -0.1) is 0 Å². The normalized spacial score (nSPS) is 22.2. The first-order chi connectivity index (χ1) is 10.2. The summed E-state index contributed by atoms with van der Waals surface area (Å²) in [5.74, 6) is 0.614. The molecule has 2 aliphatic rings. The van der Waals surface area contributed by atoms with Crippen LogP contribution in [0, 0.1) is 5.92 Å². The van der Waals surface area contributed by atoms with Crippen molar-refractivity contribution in [1.82, 2.24) is 4.90 Å². The average molecular weight is 287 g/mol. The zero-order valence-corrected chi connectivity index (χ0v) is 12.8. The zero-order chi connectivity index (χ0) is 14.8. The van der Waals surface area contributed by atoms with Gasteiger partial charge in [0.05, 0.1) is 0 Å². The van der Waals surface area contributed by atoms with Crippen molar-refractivity contribution in [3.63, 3.8) is 0 Å². The highest BCUT2D eigenvalue weighted by atomic mass is 16.2. The molecule has 2 N–H and O–H groups in total. The van der Waals surface area contributed by atoms with E-state index in [0.717, 1.165) is 43.6 Å². The monoisotopic (exact) mass is 287 g/mol. The molecule has 3 rings (SSSR count). The molecular formula is C17H25N3O. The summed E-state index contributed by atoms with van der Waals surface area (Å²) in [7, 11) is 0. The number of amides is 2. The Morgan fingerprint density at radius 1 is 1.29 bits per heavy atom. The Hall–Kier alpha value is -1.55. The van der Waals surface area contributed by atoms with Crippen molar-refractivity contribution < 1.29 is 4.79 Å². The van der Waals surface area contributed by atoms with E-state index in [-0.39, 0.29) is 6.03 Å². The summed E-state index contributed by atoms with van der Waals surface area (Å²) in [6, 6.07) is 8.69. The van der Waals surface area contributed by atoms with Crippen LogP contribution in [0.3, 0.4) is 0 Å². The van der Waals surface area contributed by atoms with E-state index in [4.69, 9.17) is 5.73 Å². The van der Waals surface area contributed by atoms with Gasteiger partial charge in [-0.05, 0) is 49.3 Å². The van der Waals surface area contributed by atoms with Crippen LogP contribution < -0.4 is 10.6 Å². The molecule has 0 aromatic heterocycles. The Morgan fingerprint density at radius 2 is 2.00 bits per heavy atom. The summed E-state index contributed by atoms with van der Waals surface area (Å²) >= 11 is 0. The highest BCUT2D eigenvalue weighted by Gasteiger charge is 2.36. The molecule has 1 aromatic rings. The number of urea groups is 1. The lowest BCUT2D eigenvalue weighted by Gasteiger charge is -2.35. The third-order valence-electron chi connectivity index (χ3n) is 4.50. The minimum atomic E-state index is 0.185. The van der Waals surface area contributed by atoms with Gasteiger partial charge in [0.25, 0.3) is 0 Å². The predicted octanol–water partition coefficient (Wildman–Crippen LogP) is 2.97. The van der Waals surface area contributed by atoms with E-state index in [1.165, 1.54) is 6.42 Å². The van der Waals surface area contributed by atoms with Crippen molar-refractivity contribution in [2.75, 3.05) is 18.0 Å². The summed E-state index contributed by atoms with van der Waals surface area (Å²) in [6.45, 7) is 4.56. The SMILES string of the molecule is CC1CCCN(C(=O)N(c2ccc(CN)cc2)C2CC2)C1. The lowest BCUT2D eigenvalue weighted by atomic mass is 10.0. The topological polar surface area (TPSA) is 49.6 Å². The van der Waals surface area contributed by atoms with E-state index in [9.17, 15) is 4.79 Å². The second-order valence-corrected chi connectivity index (χ2v) is 6.45. The highest BCUT2D eigenvalue weighted by molar-refractivity contribution is 5.93. The van der Waals surface area contributed by atoms with Crippen LogP contribution >= 0.6 is 0 Å². The van der Waals surface area contributed by atoms with Gasteiger partial charge in [0.15, 0.2) is 0 Å². The van der Waals surface area contributed by atoms with Gasteiger partial charge in [-0.3, -0.25) is 4.90 Å². The molecule has 1 saturated carbocycles. The Labute approximate surface area is 126 Å². The molecule has 21 heavy (non-hydrogen) atoms. The average Bonchev–Trinajstić information content (AvgIpc) is 3.33. The fraction of sp³-hybridized carbons (Fsp3) is 0.588. The first kappa shape index (κ1) is 14.4. The van der Waals surface area contributed by atoms with Crippen LogP contribution in [0.25, 0.3) is 0 Å². The van der Waals surface area contributed by atoms with Crippen LogP contribution in [0.5, 0.6) is 0 Å². The van der Waals surface area contributed by atoms with E-state index in [0.29, 0.717) is 18.5 Å². The number of likely N-dealkylation sites (tertiary alicyclic amines) is 1. The Kier molecular flexibility index (Phi) is 4.15. The molecule has 4 nitrogen and oxygen atoms in total. The van der Waals surface area contributed by atoms with E-state index in [2.05, 4.69) is 6.92 Å². The van der Waals surface area contributed by atoms with E-state index < -0.39 is 0 Å². The second-order valence-electron chi connectivity index (χ2n) is 6.45. The second kappa shape index (κ2) is 6.06. The molecular weight excluding hydrogens is 262 g/mol. The predicted molar refractivity (Wildman–Crippen MR) is 85.2 cm³/mol. The first-order valence-corrected chi connectivity index (χ1v) is 8.06. The number of benzene rings is 1. The van der Waals surface area contributed by atoms with Gasteiger partial charge in [-0.2, -0.15) is 0 Å². The van der Waals surface area contributed by atoms with Crippen molar-refractivity contribution in [2.45, 2.75) is 45.2 Å². The van der Waals surface area contributed by atoms with Gasteiger partial charge in [0.1, 0.15) is 0 Å². The molecule has 1 heterocycles.